The Bertz CT molecular complexity index is 818. The van der Waals surface area contributed by atoms with E-state index in [9.17, 15) is 9.59 Å². The lowest BCUT2D eigenvalue weighted by atomic mass is 10.1. The zero-order valence-corrected chi connectivity index (χ0v) is 16.6. The maximum absolute atomic E-state index is 13.0. The van der Waals surface area contributed by atoms with E-state index in [4.69, 9.17) is 9.47 Å². The minimum Gasteiger partial charge on any atom is -0.496 e. The van der Waals surface area contributed by atoms with E-state index < -0.39 is 0 Å². The largest absolute Gasteiger partial charge is 0.496 e. The summed E-state index contributed by atoms with van der Waals surface area (Å²) in [7, 11) is 3.08. The maximum atomic E-state index is 13.0. The van der Waals surface area contributed by atoms with Crippen molar-refractivity contribution in [1.29, 1.82) is 0 Å². The van der Waals surface area contributed by atoms with Crippen molar-refractivity contribution in [2.45, 2.75) is 6.92 Å². The van der Waals surface area contributed by atoms with Crippen LogP contribution in [0.5, 0.6) is 11.5 Å². The van der Waals surface area contributed by atoms with E-state index in [1.54, 1.807) is 37.3 Å². The fourth-order valence-electron chi connectivity index (χ4n) is 3.36. The SMILES string of the molecule is COc1cccc(OC)c1C(=O)N1CCN(CC(=O)c2ccc(C)cc2)CC1. The zero-order valence-electron chi connectivity index (χ0n) is 16.6. The monoisotopic (exact) mass is 382 g/mol. The molecule has 2 aromatic carbocycles. The van der Waals surface area contributed by atoms with Gasteiger partial charge in [-0.3, -0.25) is 14.5 Å². The van der Waals surface area contributed by atoms with E-state index in [1.165, 1.54) is 0 Å². The summed E-state index contributed by atoms with van der Waals surface area (Å²) in [4.78, 5) is 29.4. The first-order chi connectivity index (χ1) is 13.5. The van der Waals surface area contributed by atoms with Crippen molar-refractivity contribution in [3.63, 3.8) is 0 Å². The van der Waals surface area contributed by atoms with Gasteiger partial charge >= 0.3 is 0 Å². The number of carbonyl (C=O) groups excluding carboxylic acids is 2. The van der Waals surface area contributed by atoms with Gasteiger partial charge in [0, 0.05) is 31.7 Å². The summed E-state index contributed by atoms with van der Waals surface area (Å²) in [5.74, 6) is 0.993. The Morgan fingerprint density at radius 2 is 1.46 bits per heavy atom. The molecule has 0 aromatic heterocycles. The molecule has 0 N–H and O–H groups in total. The molecule has 1 saturated heterocycles. The fourth-order valence-corrected chi connectivity index (χ4v) is 3.36. The number of amides is 1. The Hall–Kier alpha value is -2.86. The van der Waals surface area contributed by atoms with Crippen LogP contribution >= 0.6 is 0 Å². The average molecular weight is 382 g/mol. The van der Waals surface area contributed by atoms with Gasteiger partial charge in [-0.2, -0.15) is 0 Å². The van der Waals surface area contributed by atoms with Crippen molar-refractivity contribution < 1.29 is 19.1 Å². The molecule has 148 valence electrons. The number of aryl methyl sites for hydroxylation is 1. The number of nitrogens with zero attached hydrogens (tertiary/aromatic N) is 2. The second kappa shape index (κ2) is 8.89. The second-order valence-corrected chi connectivity index (χ2v) is 6.90. The molecule has 1 aliphatic heterocycles. The van der Waals surface area contributed by atoms with Crippen LogP contribution in [0, 0.1) is 6.92 Å². The normalized spacial score (nSPS) is 14.6. The third-order valence-corrected chi connectivity index (χ3v) is 5.04. The van der Waals surface area contributed by atoms with Crippen LogP contribution in [0.3, 0.4) is 0 Å². The van der Waals surface area contributed by atoms with Crippen molar-refractivity contribution in [2.24, 2.45) is 0 Å². The Balaban J connectivity index is 1.62. The van der Waals surface area contributed by atoms with Crippen LogP contribution in [0.25, 0.3) is 0 Å². The van der Waals surface area contributed by atoms with Gasteiger partial charge in [0.15, 0.2) is 5.78 Å². The van der Waals surface area contributed by atoms with E-state index in [0.29, 0.717) is 49.8 Å². The van der Waals surface area contributed by atoms with E-state index >= 15 is 0 Å². The minimum atomic E-state index is -0.112. The molecule has 0 saturated carbocycles. The molecule has 1 aliphatic rings. The molecule has 3 rings (SSSR count). The highest BCUT2D eigenvalue weighted by atomic mass is 16.5. The summed E-state index contributed by atoms with van der Waals surface area (Å²) < 4.78 is 10.7. The van der Waals surface area contributed by atoms with Gasteiger partial charge in [-0.1, -0.05) is 35.9 Å². The van der Waals surface area contributed by atoms with Gasteiger partial charge in [0.1, 0.15) is 17.1 Å². The number of carbonyl (C=O) groups is 2. The minimum absolute atomic E-state index is 0.103. The number of ketones is 1. The van der Waals surface area contributed by atoms with Gasteiger partial charge in [-0.15, -0.1) is 0 Å². The molecule has 1 heterocycles. The highest BCUT2D eigenvalue weighted by Crippen LogP contribution is 2.29. The van der Waals surface area contributed by atoms with Crippen molar-refractivity contribution in [2.75, 3.05) is 46.9 Å². The predicted molar refractivity (Wildman–Crippen MR) is 107 cm³/mol. The van der Waals surface area contributed by atoms with Gasteiger partial charge in [0.2, 0.25) is 0 Å². The summed E-state index contributed by atoms with van der Waals surface area (Å²) in [6, 6.07) is 12.9. The summed E-state index contributed by atoms with van der Waals surface area (Å²) in [5, 5.41) is 0. The summed E-state index contributed by atoms with van der Waals surface area (Å²) in [6.07, 6.45) is 0. The second-order valence-electron chi connectivity index (χ2n) is 6.90. The maximum Gasteiger partial charge on any atom is 0.261 e. The predicted octanol–water partition coefficient (Wildman–Crippen LogP) is 2.65. The van der Waals surface area contributed by atoms with Crippen LogP contribution in [0.1, 0.15) is 26.3 Å². The van der Waals surface area contributed by atoms with Crippen molar-refractivity contribution in [3.8, 4) is 11.5 Å². The van der Waals surface area contributed by atoms with Gasteiger partial charge in [-0.05, 0) is 19.1 Å². The average Bonchev–Trinajstić information content (AvgIpc) is 2.73. The molecule has 0 bridgehead atoms. The summed E-state index contributed by atoms with van der Waals surface area (Å²) >= 11 is 0. The lowest BCUT2D eigenvalue weighted by Gasteiger charge is -2.34. The van der Waals surface area contributed by atoms with E-state index in [2.05, 4.69) is 4.90 Å². The summed E-state index contributed by atoms with van der Waals surface area (Å²) in [6.45, 7) is 4.79. The first-order valence-electron chi connectivity index (χ1n) is 9.36. The molecule has 6 nitrogen and oxygen atoms in total. The lowest BCUT2D eigenvalue weighted by molar-refractivity contribution is 0.0618. The Morgan fingerprint density at radius 1 is 0.893 bits per heavy atom. The zero-order chi connectivity index (χ0) is 20.1. The summed E-state index contributed by atoms with van der Waals surface area (Å²) in [5.41, 5.74) is 2.30. The number of Topliss-reactive ketones (excluding diaryl/α,β-unsaturated/α-hetero) is 1. The number of rotatable bonds is 6. The standard InChI is InChI=1S/C22H26N2O4/c1-16-7-9-17(10-8-16)18(25)15-23-11-13-24(14-12-23)22(26)21-19(27-2)5-4-6-20(21)28-3/h4-10H,11-15H2,1-3H3. The van der Waals surface area contributed by atoms with Crippen molar-refractivity contribution in [3.05, 3.63) is 59.2 Å². The molecule has 28 heavy (non-hydrogen) atoms. The first kappa shape index (κ1) is 19.9. The molecular formula is C22H26N2O4. The molecule has 0 atom stereocenters. The third-order valence-electron chi connectivity index (χ3n) is 5.04. The number of hydrogen-bond acceptors (Lipinski definition) is 5. The van der Waals surface area contributed by atoms with E-state index in [1.807, 2.05) is 31.2 Å². The fraction of sp³-hybridized carbons (Fsp3) is 0.364. The van der Waals surface area contributed by atoms with Crippen LogP contribution in [0.4, 0.5) is 0 Å². The highest BCUT2D eigenvalue weighted by molar-refractivity contribution is 6.00. The van der Waals surface area contributed by atoms with Crippen molar-refractivity contribution in [1.82, 2.24) is 9.80 Å². The lowest BCUT2D eigenvalue weighted by Crippen LogP contribution is -2.50. The van der Waals surface area contributed by atoms with Crippen LogP contribution in [-0.2, 0) is 0 Å². The molecule has 0 unspecified atom stereocenters. The quantitative estimate of drug-likeness (QED) is 0.719. The van der Waals surface area contributed by atoms with Crippen LogP contribution in [-0.4, -0.2) is 68.4 Å². The molecule has 2 aromatic rings. The number of piperazine rings is 1. The molecule has 0 spiro atoms. The first-order valence-corrected chi connectivity index (χ1v) is 9.36. The van der Waals surface area contributed by atoms with Gasteiger partial charge in [0.25, 0.3) is 5.91 Å². The Labute approximate surface area is 165 Å². The molecule has 0 radical (unpaired) electrons. The topological polar surface area (TPSA) is 59.1 Å². The third kappa shape index (κ3) is 4.34. The van der Waals surface area contributed by atoms with Crippen LogP contribution in [0.2, 0.25) is 0 Å². The van der Waals surface area contributed by atoms with Crippen LogP contribution in [0.15, 0.2) is 42.5 Å². The molecular weight excluding hydrogens is 356 g/mol. The van der Waals surface area contributed by atoms with Gasteiger partial charge in [0.05, 0.1) is 20.8 Å². The highest BCUT2D eigenvalue weighted by Gasteiger charge is 2.27. The Kier molecular flexibility index (Phi) is 6.31. The number of methoxy groups -OCH3 is 2. The van der Waals surface area contributed by atoms with Crippen molar-refractivity contribution >= 4 is 11.7 Å². The smallest absolute Gasteiger partial charge is 0.261 e. The molecule has 0 aliphatic carbocycles. The molecule has 1 fully saturated rings. The number of ether oxygens (including phenoxy) is 2. The van der Waals surface area contributed by atoms with Gasteiger partial charge < -0.3 is 14.4 Å². The van der Waals surface area contributed by atoms with Crippen LogP contribution < -0.4 is 9.47 Å². The molecule has 6 heteroatoms. The van der Waals surface area contributed by atoms with Gasteiger partial charge in [-0.25, -0.2) is 0 Å². The number of hydrogen-bond donors (Lipinski definition) is 0. The number of benzene rings is 2. The van der Waals surface area contributed by atoms with E-state index in [0.717, 1.165) is 11.1 Å². The van der Waals surface area contributed by atoms with E-state index in [-0.39, 0.29) is 11.7 Å². The Morgan fingerprint density at radius 3 is 2.00 bits per heavy atom. The molecule has 1 amide bonds.